The van der Waals surface area contributed by atoms with Crippen LogP contribution in [0.1, 0.15) is 28.8 Å². The largest absolute Gasteiger partial charge is 0.497 e. The van der Waals surface area contributed by atoms with Crippen molar-refractivity contribution in [1.82, 2.24) is 14.8 Å². The molecule has 164 valence electrons. The molecule has 0 saturated carbocycles. The summed E-state index contributed by atoms with van der Waals surface area (Å²) >= 11 is 12.6. The summed E-state index contributed by atoms with van der Waals surface area (Å²) in [7, 11) is 1.65. The van der Waals surface area contributed by atoms with Crippen LogP contribution < -0.4 is 14.8 Å². The highest BCUT2D eigenvalue weighted by atomic mass is 35.5. The third kappa shape index (κ3) is 3.34. The van der Waals surface area contributed by atoms with Crippen LogP contribution in [0, 0.1) is 0 Å². The highest BCUT2D eigenvalue weighted by molar-refractivity contribution is 6.31. The lowest BCUT2D eigenvalue weighted by Crippen LogP contribution is -2.32. The number of anilines is 1. The number of hydrogen-bond acceptors (Lipinski definition) is 5. The van der Waals surface area contributed by atoms with Gasteiger partial charge in [0, 0.05) is 21.2 Å². The first kappa shape index (κ1) is 20.1. The molecule has 0 aliphatic carbocycles. The Labute approximate surface area is 200 Å². The Balaban J connectivity index is 1.61. The lowest BCUT2D eigenvalue weighted by atomic mass is 9.84. The number of hydrogen-bond donors (Lipinski definition) is 1. The second kappa shape index (κ2) is 7.83. The molecule has 0 unspecified atom stereocenters. The Kier molecular flexibility index (Phi) is 4.78. The average Bonchev–Trinajstić information content (AvgIpc) is 3.31. The van der Waals surface area contributed by atoms with E-state index in [0.29, 0.717) is 16.0 Å². The Morgan fingerprint density at radius 2 is 1.67 bits per heavy atom. The maximum absolute atomic E-state index is 6.60. The van der Waals surface area contributed by atoms with Crippen LogP contribution in [0.2, 0.25) is 10.0 Å². The fourth-order valence-electron chi connectivity index (χ4n) is 4.46. The maximum Gasteiger partial charge on any atom is 0.226 e. The van der Waals surface area contributed by atoms with E-state index in [0.717, 1.165) is 39.5 Å². The molecule has 1 aromatic heterocycles. The minimum absolute atomic E-state index is 0.254. The molecule has 1 N–H and O–H groups in total. The van der Waals surface area contributed by atoms with Crippen LogP contribution in [0.5, 0.6) is 11.5 Å². The summed E-state index contributed by atoms with van der Waals surface area (Å²) in [4.78, 5) is 4.45. The third-order valence-corrected chi connectivity index (χ3v) is 6.47. The molecule has 0 amide bonds. The highest BCUT2D eigenvalue weighted by Gasteiger charge is 2.41. The molecular formula is C25H18Cl2N4O2. The van der Waals surface area contributed by atoms with Crippen molar-refractivity contribution in [2.45, 2.75) is 12.1 Å². The normalized spacial score (nSPS) is 18.5. The summed E-state index contributed by atoms with van der Waals surface area (Å²) in [5.41, 5.74) is 4.83. The lowest BCUT2D eigenvalue weighted by Gasteiger charge is -2.39. The lowest BCUT2D eigenvalue weighted by molar-refractivity contribution is 0.223. The van der Waals surface area contributed by atoms with Crippen LogP contribution in [-0.2, 0) is 0 Å². The van der Waals surface area contributed by atoms with Gasteiger partial charge in [-0.05, 0) is 53.6 Å². The zero-order valence-electron chi connectivity index (χ0n) is 17.5. The Bertz CT molecular complexity index is 1380. The van der Waals surface area contributed by atoms with Gasteiger partial charge in [0.05, 0.1) is 12.8 Å². The van der Waals surface area contributed by atoms with E-state index >= 15 is 0 Å². The molecule has 3 aromatic carbocycles. The summed E-state index contributed by atoms with van der Waals surface area (Å²) in [6.07, 6.45) is 1.18. The second-order valence-electron chi connectivity index (χ2n) is 7.85. The van der Waals surface area contributed by atoms with Crippen molar-refractivity contribution >= 4 is 34.8 Å². The van der Waals surface area contributed by atoms with Gasteiger partial charge >= 0.3 is 0 Å². The van der Waals surface area contributed by atoms with E-state index in [1.54, 1.807) is 13.4 Å². The highest BCUT2D eigenvalue weighted by Crippen LogP contribution is 2.51. The molecule has 2 aliphatic heterocycles. The summed E-state index contributed by atoms with van der Waals surface area (Å²) in [6.45, 7) is 0. The van der Waals surface area contributed by atoms with Crippen molar-refractivity contribution in [1.29, 1.82) is 0 Å². The van der Waals surface area contributed by atoms with Crippen LogP contribution in [0.15, 0.2) is 78.6 Å². The molecule has 2 aliphatic rings. The fraction of sp³-hybridized carbons (Fsp3) is 0.120. The standard InChI is InChI=1S/C25H18Cl2N4O2/c1-32-18-9-4-15(5-10-18)24-21-22(19-12-17(27)8-11-20(19)33-24)30-25-28-13-29-31(25)23(21)14-2-6-16(26)7-3-14/h2-13,23-24H,1H3,(H,28,29,30)/t23-,24-/m0/s1. The van der Waals surface area contributed by atoms with Gasteiger partial charge in [-0.25, -0.2) is 4.68 Å². The molecule has 2 atom stereocenters. The van der Waals surface area contributed by atoms with Crippen LogP contribution in [0.4, 0.5) is 5.95 Å². The van der Waals surface area contributed by atoms with Crippen molar-refractivity contribution in [3.63, 3.8) is 0 Å². The van der Waals surface area contributed by atoms with E-state index in [1.165, 1.54) is 0 Å². The molecule has 8 heteroatoms. The molecule has 0 spiro atoms. The van der Waals surface area contributed by atoms with Crippen molar-refractivity contribution in [2.75, 3.05) is 12.4 Å². The molecule has 6 nitrogen and oxygen atoms in total. The molecule has 0 bridgehead atoms. The van der Waals surface area contributed by atoms with Gasteiger partial charge in [-0.1, -0.05) is 47.5 Å². The third-order valence-electron chi connectivity index (χ3n) is 5.98. The van der Waals surface area contributed by atoms with E-state index < -0.39 is 0 Å². The zero-order valence-corrected chi connectivity index (χ0v) is 19.0. The predicted molar refractivity (Wildman–Crippen MR) is 128 cm³/mol. The van der Waals surface area contributed by atoms with Gasteiger partial charge in [0.1, 0.15) is 30.0 Å². The van der Waals surface area contributed by atoms with E-state index in [4.69, 9.17) is 32.7 Å². The number of benzene rings is 3. The molecule has 33 heavy (non-hydrogen) atoms. The molecular weight excluding hydrogens is 459 g/mol. The van der Waals surface area contributed by atoms with Crippen molar-refractivity contribution in [3.8, 4) is 11.5 Å². The van der Waals surface area contributed by atoms with Crippen LogP contribution in [0.25, 0.3) is 5.70 Å². The number of nitrogens with one attached hydrogen (secondary N) is 1. The number of nitrogens with zero attached hydrogens (tertiary/aromatic N) is 3. The summed E-state index contributed by atoms with van der Waals surface area (Å²) in [5.74, 6) is 2.18. The topological polar surface area (TPSA) is 61.2 Å². The van der Waals surface area contributed by atoms with Crippen LogP contribution in [0.3, 0.4) is 0 Å². The molecule has 0 fully saturated rings. The number of halogens is 2. The number of aromatic nitrogens is 3. The summed E-state index contributed by atoms with van der Waals surface area (Å²) < 4.78 is 13.8. The van der Waals surface area contributed by atoms with E-state index in [1.807, 2.05) is 71.4 Å². The predicted octanol–water partition coefficient (Wildman–Crippen LogP) is 6.15. The van der Waals surface area contributed by atoms with Gasteiger partial charge in [-0.15, -0.1) is 0 Å². The van der Waals surface area contributed by atoms with Crippen molar-refractivity contribution < 1.29 is 9.47 Å². The molecule has 3 heterocycles. The molecule has 4 aromatic rings. The van der Waals surface area contributed by atoms with Gasteiger partial charge in [-0.3, -0.25) is 0 Å². The first-order valence-corrected chi connectivity index (χ1v) is 11.1. The van der Waals surface area contributed by atoms with E-state index in [-0.39, 0.29) is 12.1 Å². The number of fused-ring (bicyclic) bond motifs is 3. The van der Waals surface area contributed by atoms with E-state index in [2.05, 4.69) is 15.4 Å². The monoisotopic (exact) mass is 476 g/mol. The Hall–Kier alpha value is -3.48. The Morgan fingerprint density at radius 3 is 2.42 bits per heavy atom. The van der Waals surface area contributed by atoms with Crippen LogP contribution in [-0.4, -0.2) is 21.9 Å². The first-order chi connectivity index (χ1) is 16.1. The number of ether oxygens (including phenoxy) is 2. The zero-order chi connectivity index (χ0) is 22.5. The summed E-state index contributed by atoms with van der Waals surface area (Å²) in [5, 5.41) is 9.31. The SMILES string of the molecule is COc1ccc([C@@H]2Oc3ccc(Cl)cc3C3=C2[C@H](c2ccc(Cl)cc2)n2ncnc2N3)cc1. The van der Waals surface area contributed by atoms with E-state index in [9.17, 15) is 0 Å². The molecule has 6 rings (SSSR count). The smallest absolute Gasteiger partial charge is 0.226 e. The fourth-order valence-corrected chi connectivity index (χ4v) is 4.76. The van der Waals surface area contributed by atoms with Gasteiger partial charge in [0.2, 0.25) is 5.95 Å². The maximum atomic E-state index is 6.60. The van der Waals surface area contributed by atoms with Gasteiger partial charge in [0.25, 0.3) is 0 Å². The average molecular weight is 477 g/mol. The van der Waals surface area contributed by atoms with Gasteiger partial charge in [-0.2, -0.15) is 10.1 Å². The quantitative estimate of drug-likeness (QED) is 0.383. The minimum Gasteiger partial charge on any atom is -0.497 e. The summed E-state index contributed by atoms with van der Waals surface area (Å²) in [6, 6.07) is 21.1. The minimum atomic E-state index is -0.370. The van der Waals surface area contributed by atoms with Crippen molar-refractivity contribution in [3.05, 3.63) is 105 Å². The second-order valence-corrected chi connectivity index (χ2v) is 8.72. The van der Waals surface area contributed by atoms with Crippen molar-refractivity contribution in [2.24, 2.45) is 0 Å². The number of methoxy groups -OCH3 is 1. The first-order valence-electron chi connectivity index (χ1n) is 10.4. The van der Waals surface area contributed by atoms with Gasteiger partial charge < -0.3 is 14.8 Å². The van der Waals surface area contributed by atoms with Gasteiger partial charge in [0.15, 0.2) is 0 Å². The molecule has 0 radical (unpaired) electrons. The Morgan fingerprint density at radius 1 is 0.939 bits per heavy atom. The molecule has 0 saturated heterocycles. The number of rotatable bonds is 3. The van der Waals surface area contributed by atoms with Crippen LogP contribution >= 0.6 is 23.2 Å².